The average molecular weight is 805 g/mol. The molecule has 4 N–H and O–H groups in total. The van der Waals surface area contributed by atoms with Gasteiger partial charge in [-0.2, -0.15) is 0 Å². The van der Waals surface area contributed by atoms with Gasteiger partial charge in [-0.25, -0.2) is 4.99 Å². The van der Waals surface area contributed by atoms with E-state index < -0.39 is 29.4 Å². The fourth-order valence-electron chi connectivity index (χ4n) is 7.29. The van der Waals surface area contributed by atoms with Crippen LogP contribution in [-0.2, 0) is 51.8 Å². The monoisotopic (exact) mass is 803 g/mol. The molecule has 0 atom stereocenters. The summed E-state index contributed by atoms with van der Waals surface area (Å²) in [5, 5.41) is 12.5. The number of rotatable bonds is 11. The molecule has 1 saturated carbocycles. The fourth-order valence-corrected chi connectivity index (χ4v) is 7.70. The van der Waals surface area contributed by atoms with Gasteiger partial charge in [-0.1, -0.05) is 19.1 Å². The van der Waals surface area contributed by atoms with Gasteiger partial charge >= 0.3 is 0 Å². The summed E-state index contributed by atoms with van der Waals surface area (Å²) in [6.45, 7) is 3.49. The predicted octanol–water partition coefficient (Wildman–Crippen LogP) is 2.28. The van der Waals surface area contributed by atoms with E-state index in [-0.39, 0.29) is 61.5 Å². The Labute approximate surface area is 320 Å². The van der Waals surface area contributed by atoms with Crippen molar-refractivity contribution in [3.8, 4) is 0 Å². The zero-order valence-electron chi connectivity index (χ0n) is 29.9. The van der Waals surface area contributed by atoms with Crippen LogP contribution in [0, 0.1) is 5.92 Å². The summed E-state index contributed by atoms with van der Waals surface area (Å²) in [5.74, 6) is -1.66. The third-order valence-electron chi connectivity index (χ3n) is 10.4. The SMILES string of the molecule is CCCN(CCO)C(=O)C1=Cc2ccc(C3(C(=O)Nc4cnc5c(c4)CN(C(=O)C4COC(CN6C(=O)C=C(Br)C6=O)OC4)CC5)CC3)cc2N=C(N)C1. The van der Waals surface area contributed by atoms with Gasteiger partial charge in [0.1, 0.15) is 5.84 Å². The van der Waals surface area contributed by atoms with Crippen LogP contribution in [0.4, 0.5) is 11.4 Å². The lowest BCUT2D eigenvalue weighted by atomic mass is 9.92. The Balaban J connectivity index is 0.983. The van der Waals surface area contributed by atoms with E-state index in [1.807, 2.05) is 31.2 Å². The number of hydrogen-bond donors (Lipinski definition) is 3. The minimum Gasteiger partial charge on any atom is -0.395 e. The molecule has 0 unspecified atom stereocenters. The first-order valence-electron chi connectivity index (χ1n) is 18.1. The number of anilines is 1. The summed E-state index contributed by atoms with van der Waals surface area (Å²) in [4.78, 5) is 78.5. The Morgan fingerprint density at radius 1 is 1.13 bits per heavy atom. The summed E-state index contributed by atoms with van der Waals surface area (Å²) in [7, 11) is 0. The molecule has 0 spiro atoms. The maximum absolute atomic E-state index is 13.9. The van der Waals surface area contributed by atoms with Gasteiger partial charge in [0.2, 0.25) is 17.7 Å². The predicted molar refractivity (Wildman–Crippen MR) is 200 cm³/mol. The molecule has 5 heterocycles. The van der Waals surface area contributed by atoms with Crippen molar-refractivity contribution >= 4 is 68.8 Å². The number of halogens is 1. The lowest BCUT2D eigenvalue weighted by molar-refractivity contribution is -0.210. The molecule has 2 aromatic rings. The molecule has 5 amide bonds. The lowest BCUT2D eigenvalue weighted by Gasteiger charge is -2.35. The summed E-state index contributed by atoms with van der Waals surface area (Å²) in [6, 6.07) is 7.49. The van der Waals surface area contributed by atoms with E-state index >= 15 is 0 Å². The van der Waals surface area contributed by atoms with Gasteiger partial charge in [0.05, 0.1) is 59.8 Å². The number of aliphatic hydroxyl groups is 1. The van der Waals surface area contributed by atoms with E-state index in [1.54, 1.807) is 22.1 Å². The first kappa shape index (κ1) is 37.5. The number of fused-ring (bicyclic) bond motifs is 2. The van der Waals surface area contributed by atoms with Crippen molar-refractivity contribution in [2.75, 3.05) is 51.3 Å². The number of imide groups is 1. The first-order chi connectivity index (χ1) is 26.0. The highest BCUT2D eigenvalue weighted by atomic mass is 79.9. The number of pyridine rings is 1. The van der Waals surface area contributed by atoms with Gasteiger partial charge in [0, 0.05) is 61.9 Å². The topological polar surface area (TPSA) is 197 Å². The van der Waals surface area contributed by atoms with Crippen LogP contribution < -0.4 is 11.1 Å². The van der Waals surface area contributed by atoms with Crippen molar-refractivity contribution in [2.24, 2.45) is 16.6 Å². The minimum absolute atomic E-state index is 0.0665. The Bertz CT molecular complexity index is 1980. The minimum atomic E-state index is -0.822. The quantitative estimate of drug-likeness (QED) is 0.284. The number of hydrogen-bond acceptors (Lipinski definition) is 11. The summed E-state index contributed by atoms with van der Waals surface area (Å²) < 4.78 is 11.6. The number of aliphatic imine (C=N–C) groups is 1. The van der Waals surface area contributed by atoms with Crippen LogP contribution in [-0.4, -0.2) is 112 Å². The Hall–Kier alpha value is -4.77. The smallest absolute Gasteiger partial charge is 0.268 e. The number of nitrogens with two attached hydrogens (primary N) is 1. The summed E-state index contributed by atoms with van der Waals surface area (Å²) in [6.07, 6.45) is 6.60. The second-order valence-electron chi connectivity index (χ2n) is 14.2. The summed E-state index contributed by atoms with van der Waals surface area (Å²) in [5.41, 5.74) is 10.3. The molecule has 1 aromatic carbocycles. The number of amides is 5. The molecular formula is C38H42BrN7O8. The molecule has 1 aliphatic carbocycles. The molecule has 1 aromatic heterocycles. The normalized spacial score (nSPS) is 21.6. The van der Waals surface area contributed by atoms with Crippen LogP contribution in [0.3, 0.4) is 0 Å². The summed E-state index contributed by atoms with van der Waals surface area (Å²) >= 11 is 3.07. The van der Waals surface area contributed by atoms with E-state index in [9.17, 15) is 29.1 Å². The zero-order valence-corrected chi connectivity index (χ0v) is 31.5. The number of nitrogens with one attached hydrogen (secondary N) is 1. The molecule has 284 valence electrons. The molecule has 2 fully saturated rings. The fraction of sp³-hybridized carbons (Fsp3) is 0.447. The van der Waals surface area contributed by atoms with Crippen molar-refractivity contribution in [3.63, 3.8) is 0 Å². The van der Waals surface area contributed by atoms with Crippen molar-refractivity contribution in [3.05, 3.63) is 69.0 Å². The lowest BCUT2D eigenvalue weighted by Crippen LogP contribution is -2.48. The van der Waals surface area contributed by atoms with E-state index in [0.29, 0.717) is 61.7 Å². The number of aromatic nitrogens is 1. The third-order valence-corrected chi connectivity index (χ3v) is 10.9. The molecule has 0 bridgehead atoms. The van der Waals surface area contributed by atoms with Gasteiger partial charge in [-0.3, -0.25) is 33.9 Å². The van der Waals surface area contributed by atoms with E-state index in [0.717, 1.165) is 33.7 Å². The van der Waals surface area contributed by atoms with Gasteiger partial charge in [-0.15, -0.1) is 0 Å². The van der Waals surface area contributed by atoms with Gasteiger partial charge in [-0.05, 0) is 64.5 Å². The zero-order chi connectivity index (χ0) is 38.1. The molecule has 0 radical (unpaired) electrons. The van der Waals surface area contributed by atoms with E-state index in [1.165, 1.54) is 6.08 Å². The number of amidine groups is 1. The number of ether oxygens (including phenoxy) is 2. The second-order valence-corrected chi connectivity index (χ2v) is 15.0. The third kappa shape index (κ3) is 7.60. The first-order valence-corrected chi connectivity index (χ1v) is 18.9. The molecule has 5 aliphatic rings. The highest BCUT2D eigenvalue weighted by molar-refractivity contribution is 9.12. The maximum Gasteiger partial charge on any atom is 0.268 e. The van der Waals surface area contributed by atoms with Crippen LogP contribution >= 0.6 is 15.9 Å². The molecule has 7 rings (SSSR count). The molecule has 16 heteroatoms. The number of carbonyl (C=O) groups is 5. The van der Waals surface area contributed by atoms with Crippen molar-refractivity contribution in [1.29, 1.82) is 0 Å². The van der Waals surface area contributed by atoms with Crippen molar-refractivity contribution < 1.29 is 38.6 Å². The molecular weight excluding hydrogens is 762 g/mol. The number of carbonyl (C=O) groups excluding carboxylic acids is 5. The van der Waals surface area contributed by atoms with Crippen LogP contribution in [0.5, 0.6) is 0 Å². The number of benzene rings is 1. The van der Waals surface area contributed by atoms with Gasteiger partial charge < -0.3 is 35.4 Å². The highest BCUT2D eigenvalue weighted by Gasteiger charge is 2.51. The second kappa shape index (κ2) is 15.5. The average Bonchev–Trinajstić information content (AvgIpc) is 3.96. The Morgan fingerprint density at radius 2 is 1.91 bits per heavy atom. The molecule has 1 saturated heterocycles. The largest absolute Gasteiger partial charge is 0.395 e. The Kier molecular flexibility index (Phi) is 10.8. The van der Waals surface area contributed by atoms with Crippen LogP contribution in [0.1, 0.15) is 55.0 Å². The van der Waals surface area contributed by atoms with Crippen LogP contribution in [0.2, 0.25) is 0 Å². The number of aliphatic hydroxyl groups excluding tert-OH is 1. The van der Waals surface area contributed by atoms with Gasteiger partial charge in [0.15, 0.2) is 6.29 Å². The van der Waals surface area contributed by atoms with Crippen LogP contribution in [0.15, 0.2) is 51.6 Å². The standard InChI is InChI=1S/C38H42BrN7O8/c1-2-8-44(10-11-47)34(49)23-12-22-3-4-26(15-30(22)43-31(40)14-23)38(6-7-38)37(52)42-27-13-24-18-45(9-5-29(24)41-17-27)35(50)25-20-53-33(54-21-25)19-46-32(48)16-28(39)36(46)51/h3-4,12-13,15-17,25,33,47H,2,5-11,14,18-21H2,1H3,(H2,40,43)(H,42,52). The molecule has 54 heavy (non-hydrogen) atoms. The highest BCUT2D eigenvalue weighted by Crippen LogP contribution is 2.50. The molecule has 15 nitrogen and oxygen atoms in total. The van der Waals surface area contributed by atoms with Crippen molar-refractivity contribution in [1.82, 2.24) is 19.7 Å². The van der Waals surface area contributed by atoms with Crippen molar-refractivity contribution in [2.45, 2.75) is 57.3 Å². The Morgan fingerprint density at radius 3 is 2.59 bits per heavy atom. The van der Waals surface area contributed by atoms with Gasteiger partial charge in [0.25, 0.3) is 11.8 Å². The number of nitrogens with zero attached hydrogens (tertiary/aromatic N) is 5. The maximum atomic E-state index is 13.9. The van der Waals surface area contributed by atoms with E-state index in [4.69, 9.17) is 15.2 Å². The van der Waals surface area contributed by atoms with Crippen LogP contribution in [0.25, 0.3) is 6.08 Å². The molecule has 4 aliphatic heterocycles. The van der Waals surface area contributed by atoms with E-state index in [2.05, 4.69) is 31.2 Å².